The quantitative estimate of drug-likeness (QED) is 0.658. The van der Waals surface area contributed by atoms with Crippen LogP contribution in [0.5, 0.6) is 0 Å². The number of thiophene rings is 1. The Morgan fingerprint density at radius 2 is 1.94 bits per heavy atom. The van der Waals surface area contributed by atoms with Gasteiger partial charge in [0.25, 0.3) is 0 Å². The van der Waals surface area contributed by atoms with E-state index in [1.54, 1.807) is 30.3 Å². The summed E-state index contributed by atoms with van der Waals surface area (Å²) in [5.74, 6) is -0.0537. The van der Waals surface area contributed by atoms with Gasteiger partial charge in [-0.1, -0.05) is 23.7 Å². The molecule has 0 unspecified atom stereocenters. The van der Waals surface area contributed by atoms with E-state index in [1.165, 1.54) is 11.3 Å². The molecule has 82 valence electrons. The van der Waals surface area contributed by atoms with Crippen molar-refractivity contribution in [1.82, 2.24) is 0 Å². The Bertz CT molecular complexity index is 531. The van der Waals surface area contributed by atoms with Crippen LogP contribution in [0.1, 0.15) is 15.2 Å². The van der Waals surface area contributed by atoms with Gasteiger partial charge in [0, 0.05) is 10.0 Å². The van der Waals surface area contributed by atoms with Gasteiger partial charge in [-0.2, -0.15) is 0 Å². The molecule has 0 saturated heterocycles. The van der Waals surface area contributed by atoms with Crippen LogP contribution in [0.25, 0.3) is 0 Å². The number of benzene rings is 1. The first kappa shape index (κ1) is 12.3. The largest absolute Gasteiger partial charge is 0.288 e. The first-order valence-electron chi connectivity index (χ1n) is 4.33. The Labute approximate surface area is 119 Å². The zero-order valence-electron chi connectivity index (χ0n) is 7.84. The molecule has 16 heavy (non-hydrogen) atoms. The highest BCUT2D eigenvalue weighted by atomic mass is 79.9. The molecule has 1 aromatic heterocycles. The van der Waals surface area contributed by atoms with Crippen molar-refractivity contribution in [3.8, 4) is 0 Å². The summed E-state index contributed by atoms with van der Waals surface area (Å²) in [6.07, 6.45) is 0. The minimum atomic E-state index is -0.0537. The standard InChI is InChI=1S/C11H5Br2ClOS/c12-7-5-9(16-11(7)13)10(15)6-3-1-2-4-8(6)14/h1-5H. The minimum Gasteiger partial charge on any atom is -0.288 e. The Hall–Kier alpha value is -0.160. The highest BCUT2D eigenvalue weighted by Crippen LogP contribution is 2.34. The fourth-order valence-corrected chi connectivity index (χ4v) is 3.45. The van der Waals surface area contributed by atoms with E-state index in [9.17, 15) is 4.79 Å². The van der Waals surface area contributed by atoms with Gasteiger partial charge in [-0.15, -0.1) is 11.3 Å². The molecule has 2 aromatic rings. The van der Waals surface area contributed by atoms with E-state index in [4.69, 9.17) is 11.6 Å². The van der Waals surface area contributed by atoms with Crippen molar-refractivity contribution < 1.29 is 4.79 Å². The Kier molecular flexibility index (Phi) is 3.85. The van der Waals surface area contributed by atoms with Gasteiger partial charge in [0.05, 0.1) is 13.7 Å². The van der Waals surface area contributed by atoms with Gasteiger partial charge in [0.15, 0.2) is 0 Å². The molecular formula is C11H5Br2ClOS. The van der Waals surface area contributed by atoms with Crippen LogP contribution < -0.4 is 0 Å². The van der Waals surface area contributed by atoms with E-state index in [0.717, 1.165) is 8.26 Å². The third-order valence-electron chi connectivity index (χ3n) is 1.99. The van der Waals surface area contributed by atoms with Crippen molar-refractivity contribution in [2.24, 2.45) is 0 Å². The molecule has 0 spiro atoms. The van der Waals surface area contributed by atoms with Crippen LogP contribution in [0, 0.1) is 0 Å². The van der Waals surface area contributed by atoms with E-state index in [2.05, 4.69) is 31.9 Å². The van der Waals surface area contributed by atoms with E-state index >= 15 is 0 Å². The lowest BCUT2D eigenvalue weighted by atomic mass is 10.1. The highest BCUT2D eigenvalue weighted by Gasteiger charge is 2.16. The Morgan fingerprint density at radius 3 is 2.50 bits per heavy atom. The molecule has 0 fully saturated rings. The lowest BCUT2D eigenvalue weighted by Crippen LogP contribution is -1.98. The second-order valence-corrected chi connectivity index (χ2v) is 6.67. The summed E-state index contributed by atoms with van der Waals surface area (Å²) in [4.78, 5) is 12.8. The first-order valence-corrected chi connectivity index (χ1v) is 7.11. The third-order valence-corrected chi connectivity index (χ3v) is 5.57. The monoisotopic (exact) mass is 378 g/mol. The SMILES string of the molecule is O=C(c1cc(Br)c(Br)s1)c1ccccc1Cl. The molecule has 0 bridgehead atoms. The number of ketones is 1. The second kappa shape index (κ2) is 5.00. The Balaban J connectivity index is 2.43. The molecule has 1 heterocycles. The van der Waals surface area contributed by atoms with Gasteiger partial charge in [0.2, 0.25) is 5.78 Å². The summed E-state index contributed by atoms with van der Waals surface area (Å²) in [6.45, 7) is 0. The van der Waals surface area contributed by atoms with Gasteiger partial charge < -0.3 is 0 Å². The van der Waals surface area contributed by atoms with Gasteiger partial charge in [0.1, 0.15) is 0 Å². The van der Waals surface area contributed by atoms with Crippen molar-refractivity contribution in [2.75, 3.05) is 0 Å². The number of hydrogen-bond acceptors (Lipinski definition) is 2. The lowest BCUT2D eigenvalue weighted by molar-refractivity contribution is 0.104. The number of hydrogen-bond donors (Lipinski definition) is 0. The highest BCUT2D eigenvalue weighted by molar-refractivity contribution is 9.13. The molecular weight excluding hydrogens is 375 g/mol. The summed E-state index contributed by atoms with van der Waals surface area (Å²) in [5, 5.41) is 0.480. The number of rotatable bonds is 2. The van der Waals surface area contributed by atoms with Gasteiger partial charge in [-0.3, -0.25) is 4.79 Å². The molecule has 2 rings (SSSR count). The second-order valence-electron chi connectivity index (χ2n) is 3.04. The molecule has 0 aliphatic rings. The van der Waals surface area contributed by atoms with Gasteiger partial charge in [-0.25, -0.2) is 0 Å². The maximum absolute atomic E-state index is 12.1. The summed E-state index contributed by atoms with van der Waals surface area (Å²) >= 11 is 14.1. The van der Waals surface area contributed by atoms with Crippen LogP contribution in [0.3, 0.4) is 0 Å². The summed E-state index contributed by atoms with van der Waals surface area (Å²) in [5.41, 5.74) is 0.533. The van der Waals surface area contributed by atoms with Crippen LogP contribution in [-0.4, -0.2) is 5.78 Å². The molecule has 0 aliphatic heterocycles. The summed E-state index contributed by atoms with van der Waals surface area (Å²) in [7, 11) is 0. The van der Waals surface area contributed by atoms with E-state index < -0.39 is 0 Å². The topological polar surface area (TPSA) is 17.1 Å². The van der Waals surface area contributed by atoms with Crippen LogP contribution in [0.4, 0.5) is 0 Å². The smallest absolute Gasteiger partial charge is 0.204 e. The van der Waals surface area contributed by atoms with Crippen LogP contribution >= 0.6 is 54.8 Å². The zero-order valence-corrected chi connectivity index (χ0v) is 12.6. The fourth-order valence-electron chi connectivity index (χ4n) is 1.24. The van der Waals surface area contributed by atoms with E-state index in [1.807, 2.05) is 0 Å². The number of halogens is 3. The van der Waals surface area contributed by atoms with Crippen LogP contribution in [0.2, 0.25) is 5.02 Å². The first-order chi connectivity index (χ1) is 7.59. The van der Waals surface area contributed by atoms with E-state index in [0.29, 0.717) is 15.5 Å². The normalized spacial score (nSPS) is 10.4. The molecule has 0 aliphatic carbocycles. The summed E-state index contributed by atoms with van der Waals surface area (Å²) < 4.78 is 1.79. The van der Waals surface area contributed by atoms with Crippen molar-refractivity contribution in [3.63, 3.8) is 0 Å². The molecule has 0 radical (unpaired) electrons. The molecule has 5 heteroatoms. The number of carbonyl (C=O) groups is 1. The molecule has 0 N–H and O–H groups in total. The predicted molar refractivity (Wildman–Crippen MR) is 74.6 cm³/mol. The minimum absolute atomic E-state index is 0.0537. The fraction of sp³-hybridized carbons (Fsp3) is 0. The van der Waals surface area contributed by atoms with Crippen LogP contribution in [-0.2, 0) is 0 Å². The molecule has 0 amide bonds. The van der Waals surface area contributed by atoms with Crippen molar-refractivity contribution in [1.29, 1.82) is 0 Å². The zero-order chi connectivity index (χ0) is 11.7. The van der Waals surface area contributed by atoms with Crippen molar-refractivity contribution in [3.05, 3.63) is 54.1 Å². The third kappa shape index (κ3) is 2.40. The van der Waals surface area contributed by atoms with Crippen LogP contribution in [0.15, 0.2) is 38.6 Å². The molecule has 0 atom stereocenters. The number of carbonyl (C=O) groups excluding carboxylic acids is 1. The average molecular weight is 380 g/mol. The lowest BCUT2D eigenvalue weighted by Gasteiger charge is -1.99. The Morgan fingerprint density at radius 1 is 1.25 bits per heavy atom. The molecule has 1 aromatic carbocycles. The van der Waals surface area contributed by atoms with E-state index in [-0.39, 0.29) is 5.78 Å². The van der Waals surface area contributed by atoms with Gasteiger partial charge in [-0.05, 0) is 50.1 Å². The molecule has 0 saturated carbocycles. The molecule has 1 nitrogen and oxygen atoms in total. The summed E-state index contributed by atoms with van der Waals surface area (Å²) in [6, 6.07) is 8.84. The van der Waals surface area contributed by atoms with Crippen molar-refractivity contribution in [2.45, 2.75) is 0 Å². The van der Waals surface area contributed by atoms with Gasteiger partial charge >= 0.3 is 0 Å². The van der Waals surface area contributed by atoms with Crippen molar-refractivity contribution >= 4 is 60.6 Å². The average Bonchev–Trinajstić information content (AvgIpc) is 2.59. The maximum Gasteiger partial charge on any atom is 0.204 e. The maximum atomic E-state index is 12.1. The predicted octanol–water partition coefficient (Wildman–Crippen LogP) is 5.16.